The first-order valence-corrected chi connectivity index (χ1v) is 7.38. The number of nitrogens with zero attached hydrogens (tertiary/aromatic N) is 2. The highest BCUT2D eigenvalue weighted by molar-refractivity contribution is 5.44. The van der Waals surface area contributed by atoms with E-state index in [9.17, 15) is 4.39 Å². The molecule has 0 bridgehead atoms. The van der Waals surface area contributed by atoms with E-state index in [0.29, 0.717) is 11.2 Å². The number of hydrogen-bond acceptors (Lipinski definition) is 3. The van der Waals surface area contributed by atoms with Crippen molar-refractivity contribution in [1.82, 2.24) is 9.80 Å². The third-order valence-corrected chi connectivity index (χ3v) is 4.48. The Hall–Kier alpha value is -1.13. The molecule has 1 fully saturated rings. The van der Waals surface area contributed by atoms with Gasteiger partial charge in [0.2, 0.25) is 0 Å². The van der Waals surface area contributed by atoms with Crippen LogP contribution in [0.4, 0.5) is 10.1 Å². The standard InChI is InChI=1S/C16H26FN3/c1-19(2)16(9-6-10-16)13-20(3)12-11-18-15-8-5-4-7-14(15)17/h4-5,7-8,18H,6,9-13H2,1-3H3. The molecule has 4 heteroatoms. The normalized spacial score (nSPS) is 17.3. The molecule has 0 spiro atoms. The van der Waals surface area contributed by atoms with Crippen molar-refractivity contribution in [2.24, 2.45) is 0 Å². The van der Waals surface area contributed by atoms with Gasteiger partial charge in [0.1, 0.15) is 5.82 Å². The molecule has 0 aliphatic heterocycles. The Bertz CT molecular complexity index is 429. The number of benzene rings is 1. The second-order valence-corrected chi connectivity index (χ2v) is 6.12. The van der Waals surface area contributed by atoms with E-state index < -0.39 is 0 Å². The molecule has 1 aromatic rings. The Balaban J connectivity index is 1.75. The van der Waals surface area contributed by atoms with Crippen LogP contribution in [0.3, 0.4) is 0 Å². The minimum absolute atomic E-state index is 0.182. The Kier molecular flexibility index (Phi) is 5.00. The van der Waals surface area contributed by atoms with Gasteiger partial charge in [0.15, 0.2) is 0 Å². The lowest BCUT2D eigenvalue weighted by Crippen LogP contribution is -2.57. The summed E-state index contributed by atoms with van der Waals surface area (Å²) >= 11 is 0. The van der Waals surface area contributed by atoms with Crippen LogP contribution in [0.25, 0.3) is 0 Å². The zero-order valence-corrected chi connectivity index (χ0v) is 12.8. The predicted octanol–water partition coefficient (Wildman–Crippen LogP) is 2.65. The third-order valence-electron chi connectivity index (χ3n) is 4.48. The molecule has 0 amide bonds. The van der Waals surface area contributed by atoms with Crippen LogP contribution in [-0.4, -0.2) is 56.1 Å². The fraction of sp³-hybridized carbons (Fsp3) is 0.625. The Labute approximate surface area is 121 Å². The molecule has 0 unspecified atom stereocenters. The van der Waals surface area contributed by atoms with Crippen LogP contribution in [0, 0.1) is 5.82 Å². The van der Waals surface area contributed by atoms with E-state index in [1.807, 2.05) is 6.07 Å². The van der Waals surface area contributed by atoms with E-state index in [1.54, 1.807) is 12.1 Å². The SMILES string of the molecule is CN(CCNc1ccccc1F)CC1(N(C)C)CCC1. The molecule has 1 aliphatic rings. The van der Waals surface area contributed by atoms with Crippen molar-refractivity contribution in [1.29, 1.82) is 0 Å². The number of anilines is 1. The van der Waals surface area contributed by atoms with E-state index in [2.05, 4.69) is 36.3 Å². The van der Waals surface area contributed by atoms with Gasteiger partial charge in [0, 0.05) is 25.2 Å². The zero-order chi connectivity index (χ0) is 14.6. The van der Waals surface area contributed by atoms with Gasteiger partial charge in [0.05, 0.1) is 5.69 Å². The Morgan fingerprint density at radius 3 is 2.45 bits per heavy atom. The summed E-state index contributed by atoms with van der Waals surface area (Å²) in [4.78, 5) is 4.70. The first-order chi connectivity index (χ1) is 9.53. The molecule has 1 aromatic carbocycles. The largest absolute Gasteiger partial charge is 0.381 e. The van der Waals surface area contributed by atoms with Crippen LogP contribution in [0.1, 0.15) is 19.3 Å². The number of hydrogen-bond donors (Lipinski definition) is 1. The quantitative estimate of drug-likeness (QED) is 0.828. The molecule has 0 saturated heterocycles. The van der Waals surface area contributed by atoms with Gasteiger partial charge in [0.25, 0.3) is 0 Å². The van der Waals surface area contributed by atoms with Crippen molar-refractivity contribution >= 4 is 5.69 Å². The molecular formula is C16H26FN3. The first-order valence-electron chi connectivity index (χ1n) is 7.38. The molecule has 112 valence electrons. The lowest BCUT2D eigenvalue weighted by atomic mass is 9.75. The van der Waals surface area contributed by atoms with Crippen molar-refractivity contribution in [3.63, 3.8) is 0 Å². The highest BCUT2D eigenvalue weighted by Crippen LogP contribution is 2.36. The number of nitrogens with one attached hydrogen (secondary N) is 1. The van der Waals surface area contributed by atoms with Gasteiger partial charge in [-0.05, 0) is 52.5 Å². The number of para-hydroxylation sites is 1. The van der Waals surface area contributed by atoms with Gasteiger partial charge < -0.3 is 15.1 Å². The monoisotopic (exact) mass is 279 g/mol. The Morgan fingerprint density at radius 1 is 1.20 bits per heavy atom. The van der Waals surface area contributed by atoms with Gasteiger partial charge in [-0.1, -0.05) is 12.1 Å². The van der Waals surface area contributed by atoms with Gasteiger partial charge >= 0.3 is 0 Å². The van der Waals surface area contributed by atoms with E-state index in [1.165, 1.54) is 25.3 Å². The molecule has 1 saturated carbocycles. The molecule has 1 aliphatic carbocycles. The molecule has 20 heavy (non-hydrogen) atoms. The summed E-state index contributed by atoms with van der Waals surface area (Å²) in [5, 5.41) is 3.16. The lowest BCUT2D eigenvalue weighted by Gasteiger charge is -2.49. The average molecular weight is 279 g/mol. The van der Waals surface area contributed by atoms with Crippen LogP contribution in [0.2, 0.25) is 0 Å². The summed E-state index contributed by atoms with van der Waals surface area (Å²) in [6.07, 6.45) is 3.90. The van der Waals surface area contributed by atoms with Crippen LogP contribution >= 0.6 is 0 Å². The average Bonchev–Trinajstić information content (AvgIpc) is 2.36. The maximum atomic E-state index is 13.5. The van der Waals surface area contributed by atoms with Crippen LogP contribution in [-0.2, 0) is 0 Å². The maximum absolute atomic E-state index is 13.5. The second kappa shape index (κ2) is 6.55. The fourth-order valence-electron chi connectivity index (χ4n) is 2.90. The Morgan fingerprint density at radius 2 is 1.90 bits per heavy atom. The molecule has 1 N–H and O–H groups in total. The van der Waals surface area contributed by atoms with Gasteiger partial charge in [-0.2, -0.15) is 0 Å². The van der Waals surface area contributed by atoms with Crippen molar-refractivity contribution in [3.05, 3.63) is 30.1 Å². The smallest absolute Gasteiger partial charge is 0.146 e. The van der Waals surface area contributed by atoms with Crippen LogP contribution < -0.4 is 5.32 Å². The van der Waals surface area contributed by atoms with Crippen molar-refractivity contribution < 1.29 is 4.39 Å². The fourth-order valence-corrected chi connectivity index (χ4v) is 2.90. The summed E-state index contributed by atoms with van der Waals surface area (Å²) < 4.78 is 13.5. The summed E-state index contributed by atoms with van der Waals surface area (Å²) in [6, 6.07) is 6.83. The van der Waals surface area contributed by atoms with Gasteiger partial charge in [-0.3, -0.25) is 0 Å². The molecule has 0 heterocycles. The summed E-state index contributed by atoms with van der Waals surface area (Å²) in [5.74, 6) is -0.182. The van der Waals surface area contributed by atoms with Crippen molar-refractivity contribution in [2.45, 2.75) is 24.8 Å². The zero-order valence-electron chi connectivity index (χ0n) is 12.8. The highest BCUT2D eigenvalue weighted by atomic mass is 19.1. The second-order valence-electron chi connectivity index (χ2n) is 6.12. The molecular weight excluding hydrogens is 253 g/mol. The molecule has 3 nitrogen and oxygen atoms in total. The maximum Gasteiger partial charge on any atom is 0.146 e. The lowest BCUT2D eigenvalue weighted by molar-refractivity contribution is 0.0289. The van der Waals surface area contributed by atoms with Crippen LogP contribution in [0.15, 0.2) is 24.3 Å². The van der Waals surface area contributed by atoms with Gasteiger partial charge in [-0.25, -0.2) is 4.39 Å². The van der Waals surface area contributed by atoms with Gasteiger partial charge in [-0.15, -0.1) is 0 Å². The summed E-state index contributed by atoms with van der Waals surface area (Å²) in [5.41, 5.74) is 0.944. The number of rotatable bonds is 7. The minimum atomic E-state index is -0.182. The molecule has 2 rings (SSSR count). The van der Waals surface area contributed by atoms with E-state index >= 15 is 0 Å². The van der Waals surface area contributed by atoms with E-state index in [4.69, 9.17) is 0 Å². The number of halogens is 1. The molecule has 0 aromatic heterocycles. The molecule has 0 radical (unpaired) electrons. The first kappa shape index (κ1) is 15.3. The van der Waals surface area contributed by atoms with Crippen molar-refractivity contribution in [3.8, 4) is 0 Å². The summed E-state index contributed by atoms with van der Waals surface area (Å²) in [6.45, 7) is 2.77. The number of likely N-dealkylation sites (N-methyl/N-ethyl adjacent to an activating group) is 2. The van der Waals surface area contributed by atoms with Crippen LogP contribution in [0.5, 0.6) is 0 Å². The van der Waals surface area contributed by atoms with E-state index in [0.717, 1.165) is 19.6 Å². The summed E-state index contributed by atoms with van der Waals surface area (Å²) in [7, 11) is 6.49. The predicted molar refractivity (Wildman–Crippen MR) is 82.7 cm³/mol. The third kappa shape index (κ3) is 3.49. The highest BCUT2D eigenvalue weighted by Gasteiger charge is 2.39. The molecule has 0 atom stereocenters. The minimum Gasteiger partial charge on any atom is -0.381 e. The topological polar surface area (TPSA) is 18.5 Å². The van der Waals surface area contributed by atoms with E-state index in [-0.39, 0.29) is 5.82 Å². The van der Waals surface area contributed by atoms with Crippen molar-refractivity contribution in [2.75, 3.05) is 46.1 Å².